The van der Waals surface area contributed by atoms with Gasteiger partial charge < -0.3 is 5.32 Å². The van der Waals surface area contributed by atoms with Gasteiger partial charge in [-0.15, -0.1) is 11.6 Å². The van der Waals surface area contributed by atoms with Gasteiger partial charge in [0.25, 0.3) is 0 Å². The Bertz CT molecular complexity index is 531. The summed E-state index contributed by atoms with van der Waals surface area (Å²) < 4.78 is 25.1. The van der Waals surface area contributed by atoms with E-state index in [2.05, 4.69) is 5.32 Å². The lowest BCUT2D eigenvalue weighted by molar-refractivity contribution is 0.311. The standard InChI is InChI=1S/C13H19ClN2O2S/c1-16(2)19(17,18)12-6-4-11(5-7-12)15-13(10-14)8-3-9-13/h4-7,15H,3,8-10H2,1-2H3. The number of anilines is 1. The highest BCUT2D eigenvalue weighted by Crippen LogP contribution is 2.36. The molecule has 4 nitrogen and oxygen atoms in total. The predicted molar refractivity (Wildman–Crippen MR) is 78.2 cm³/mol. The van der Waals surface area contributed by atoms with Gasteiger partial charge in [0.15, 0.2) is 0 Å². The fraction of sp³-hybridized carbons (Fsp3) is 0.538. The van der Waals surface area contributed by atoms with Crippen LogP contribution in [0.5, 0.6) is 0 Å². The van der Waals surface area contributed by atoms with Crippen molar-refractivity contribution >= 4 is 27.3 Å². The maximum atomic E-state index is 11.9. The van der Waals surface area contributed by atoms with Crippen molar-refractivity contribution in [1.29, 1.82) is 0 Å². The number of alkyl halides is 1. The Morgan fingerprint density at radius 1 is 1.26 bits per heavy atom. The Labute approximate surface area is 119 Å². The molecule has 1 aromatic carbocycles. The first-order valence-corrected chi connectivity index (χ1v) is 8.24. The maximum absolute atomic E-state index is 11.9. The Balaban J connectivity index is 2.15. The van der Waals surface area contributed by atoms with Crippen molar-refractivity contribution < 1.29 is 8.42 Å². The van der Waals surface area contributed by atoms with Crippen LogP contribution in [0.25, 0.3) is 0 Å². The minimum absolute atomic E-state index is 0.0104. The number of hydrogen-bond donors (Lipinski definition) is 1. The number of rotatable bonds is 5. The first-order valence-electron chi connectivity index (χ1n) is 6.26. The van der Waals surface area contributed by atoms with Crippen molar-refractivity contribution in [2.75, 3.05) is 25.3 Å². The van der Waals surface area contributed by atoms with Gasteiger partial charge in [-0.05, 0) is 43.5 Å². The van der Waals surface area contributed by atoms with Crippen LogP contribution in [-0.2, 0) is 10.0 Å². The van der Waals surface area contributed by atoms with Crippen molar-refractivity contribution in [2.24, 2.45) is 0 Å². The summed E-state index contributed by atoms with van der Waals surface area (Å²) in [6.07, 6.45) is 3.31. The van der Waals surface area contributed by atoms with Gasteiger partial charge in [0.2, 0.25) is 10.0 Å². The summed E-state index contributed by atoms with van der Waals surface area (Å²) in [5.74, 6) is 0.574. The summed E-state index contributed by atoms with van der Waals surface area (Å²) in [6.45, 7) is 0. The first kappa shape index (κ1) is 14.6. The van der Waals surface area contributed by atoms with Crippen LogP contribution in [-0.4, -0.2) is 38.2 Å². The van der Waals surface area contributed by atoms with Crippen molar-refractivity contribution in [3.63, 3.8) is 0 Å². The Kier molecular flexibility index (Phi) is 4.08. The molecule has 0 spiro atoms. The van der Waals surface area contributed by atoms with Crippen LogP contribution in [0.4, 0.5) is 5.69 Å². The van der Waals surface area contributed by atoms with Crippen molar-refractivity contribution in [1.82, 2.24) is 4.31 Å². The molecule has 0 bridgehead atoms. The van der Waals surface area contributed by atoms with Gasteiger partial charge in [0.1, 0.15) is 0 Å². The van der Waals surface area contributed by atoms with Crippen LogP contribution in [0.2, 0.25) is 0 Å². The zero-order valence-corrected chi connectivity index (χ0v) is 12.8. The summed E-state index contributed by atoms with van der Waals surface area (Å²) in [5, 5.41) is 3.41. The molecule has 6 heteroatoms. The van der Waals surface area contributed by atoms with Crippen LogP contribution in [0.1, 0.15) is 19.3 Å². The summed E-state index contributed by atoms with van der Waals surface area (Å²) in [4.78, 5) is 0.302. The van der Waals surface area contributed by atoms with Crippen LogP contribution in [0.15, 0.2) is 29.2 Å². The van der Waals surface area contributed by atoms with Gasteiger partial charge in [-0.3, -0.25) is 0 Å². The maximum Gasteiger partial charge on any atom is 0.242 e. The van der Waals surface area contributed by atoms with E-state index in [-0.39, 0.29) is 5.54 Å². The minimum atomic E-state index is -3.35. The molecule has 2 rings (SSSR count). The summed E-state index contributed by atoms with van der Waals surface area (Å²) in [5.41, 5.74) is 0.904. The molecule has 1 saturated carbocycles. The lowest BCUT2D eigenvalue weighted by Crippen LogP contribution is -2.46. The van der Waals surface area contributed by atoms with Gasteiger partial charge in [-0.25, -0.2) is 12.7 Å². The predicted octanol–water partition coefficient (Wildman–Crippen LogP) is 2.51. The minimum Gasteiger partial charge on any atom is -0.378 e. The molecule has 106 valence electrons. The number of nitrogens with one attached hydrogen (secondary N) is 1. The van der Waals surface area contributed by atoms with Gasteiger partial charge in [-0.1, -0.05) is 0 Å². The van der Waals surface area contributed by atoms with Crippen molar-refractivity contribution in [3.05, 3.63) is 24.3 Å². The topological polar surface area (TPSA) is 49.4 Å². The number of sulfonamides is 1. The van der Waals surface area contributed by atoms with Gasteiger partial charge in [0, 0.05) is 25.7 Å². The summed E-state index contributed by atoms with van der Waals surface area (Å²) in [6, 6.07) is 6.84. The second-order valence-electron chi connectivity index (χ2n) is 5.20. The second kappa shape index (κ2) is 5.31. The highest BCUT2D eigenvalue weighted by molar-refractivity contribution is 7.89. The third kappa shape index (κ3) is 2.88. The van der Waals surface area contributed by atoms with Crippen LogP contribution in [0.3, 0.4) is 0 Å². The molecule has 1 aliphatic carbocycles. The number of nitrogens with zero attached hydrogens (tertiary/aromatic N) is 1. The Morgan fingerprint density at radius 3 is 2.21 bits per heavy atom. The van der Waals surface area contributed by atoms with Gasteiger partial charge in [0.05, 0.1) is 10.4 Å². The fourth-order valence-corrected chi connectivity index (χ4v) is 3.36. The molecule has 0 saturated heterocycles. The highest BCUT2D eigenvalue weighted by atomic mass is 35.5. The normalized spacial score (nSPS) is 18.1. The molecule has 1 aliphatic rings. The second-order valence-corrected chi connectivity index (χ2v) is 7.62. The largest absolute Gasteiger partial charge is 0.378 e. The molecule has 19 heavy (non-hydrogen) atoms. The van der Waals surface area contributed by atoms with E-state index in [0.29, 0.717) is 10.8 Å². The van der Waals surface area contributed by atoms with Gasteiger partial charge in [-0.2, -0.15) is 0 Å². The number of halogens is 1. The highest BCUT2D eigenvalue weighted by Gasteiger charge is 2.35. The van der Waals surface area contributed by atoms with E-state index in [1.54, 1.807) is 24.3 Å². The molecule has 0 amide bonds. The van der Waals surface area contributed by atoms with Crippen LogP contribution in [0, 0.1) is 0 Å². The average molecular weight is 303 g/mol. The SMILES string of the molecule is CN(C)S(=O)(=O)c1ccc(NC2(CCl)CCC2)cc1. The van der Waals surface area contributed by atoms with Crippen molar-refractivity contribution in [2.45, 2.75) is 29.7 Å². The molecular weight excluding hydrogens is 284 g/mol. The fourth-order valence-electron chi connectivity index (χ4n) is 2.12. The summed E-state index contributed by atoms with van der Waals surface area (Å²) in [7, 11) is -0.303. The molecule has 1 aromatic rings. The number of hydrogen-bond acceptors (Lipinski definition) is 3. The quantitative estimate of drug-likeness (QED) is 0.850. The van der Waals surface area contributed by atoms with E-state index in [1.807, 2.05) is 0 Å². The Morgan fingerprint density at radius 2 is 1.84 bits per heavy atom. The summed E-state index contributed by atoms with van der Waals surface area (Å²) >= 11 is 5.99. The molecule has 1 fully saturated rings. The molecule has 0 unspecified atom stereocenters. The third-order valence-electron chi connectivity index (χ3n) is 3.61. The van der Waals surface area contributed by atoms with Crippen LogP contribution >= 0.6 is 11.6 Å². The Hall–Kier alpha value is -0.780. The van der Waals surface area contributed by atoms with Crippen molar-refractivity contribution in [3.8, 4) is 0 Å². The molecule has 0 aliphatic heterocycles. The monoisotopic (exact) mass is 302 g/mol. The molecule has 1 N–H and O–H groups in total. The zero-order valence-electron chi connectivity index (χ0n) is 11.2. The third-order valence-corrected chi connectivity index (χ3v) is 5.95. The smallest absolute Gasteiger partial charge is 0.242 e. The molecule has 0 radical (unpaired) electrons. The molecule has 0 heterocycles. The van der Waals surface area contributed by atoms with E-state index < -0.39 is 10.0 Å². The lowest BCUT2D eigenvalue weighted by Gasteiger charge is -2.42. The number of benzene rings is 1. The molecule has 0 atom stereocenters. The zero-order chi connectivity index (χ0) is 14.1. The first-order chi connectivity index (χ1) is 8.89. The van der Waals surface area contributed by atoms with E-state index in [1.165, 1.54) is 24.8 Å². The van der Waals surface area contributed by atoms with E-state index >= 15 is 0 Å². The van der Waals surface area contributed by atoms with Crippen LogP contribution < -0.4 is 5.32 Å². The molecule has 0 aromatic heterocycles. The molecular formula is C13H19ClN2O2S. The average Bonchev–Trinajstić information content (AvgIpc) is 2.34. The van der Waals surface area contributed by atoms with E-state index in [9.17, 15) is 8.42 Å². The lowest BCUT2D eigenvalue weighted by atomic mass is 9.78. The van der Waals surface area contributed by atoms with Gasteiger partial charge >= 0.3 is 0 Å². The van der Waals surface area contributed by atoms with E-state index in [4.69, 9.17) is 11.6 Å². The van der Waals surface area contributed by atoms with E-state index in [0.717, 1.165) is 18.5 Å².